The smallest absolute Gasteiger partial charge is 0.265 e. The van der Waals surface area contributed by atoms with Crippen LogP contribution in [-0.2, 0) is 0 Å². The SMILES string of the molecule is CC1=C(N2C(=O)c3ccc(-c4c(C)cc(C)cc4C)cc3C2=O)C(C)C(C)C(N2C(=O)c3ccc(-c4c(C)cc(C)cc4C)cc3C2=O)=C1. The zero-order valence-corrected chi connectivity index (χ0v) is 29.5. The van der Waals surface area contributed by atoms with Gasteiger partial charge in [0.05, 0.1) is 22.3 Å². The summed E-state index contributed by atoms with van der Waals surface area (Å²) in [6.45, 7) is 18.1. The highest BCUT2D eigenvalue weighted by Gasteiger charge is 2.46. The highest BCUT2D eigenvalue weighted by atomic mass is 16.2. The first-order chi connectivity index (χ1) is 23.2. The molecule has 1 aliphatic carbocycles. The lowest BCUT2D eigenvalue weighted by molar-refractivity contribution is 0.0637. The van der Waals surface area contributed by atoms with Crippen LogP contribution in [0.25, 0.3) is 22.3 Å². The number of carbonyl (C=O) groups is 4. The minimum atomic E-state index is -0.361. The molecule has 6 heteroatoms. The highest BCUT2D eigenvalue weighted by molar-refractivity contribution is 6.24. The number of hydrogen-bond acceptors (Lipinski definition) is 4. The molecular formula is C43H40N2O4. The molecule has 0 N–H and O–H groups in total. The largest absolute Gasteiger partial charge is 0.268 e. The standard InChI is InChI=1S/C43H40N2O4/c1-21-14-23(3)37(24(4)15-21)30-10-12-32-34(19-30)42(48)44(40(32)46)36-18-27(7)39(29(9)28(36)8)45-41(47)33-13-11-31(20-35(33)43(45)49)38-25(5)16-22(2)17-26(38)6/h10-20,28-29H,1-9H3. The fraction of sp³-hybridized carbons (Fsp3) is 0.256. The first kappa shape index (κ1) is 32.2. The van der Waals surface area contributed by atoms with E-state index < -0.39 is 0 Å². The molecule has 0 bridgehead atoms. The summed E-state index contributed by atoms with van der Waals surface area (Å²) >= 11 is 0. The van der Waals surface area contributed by atoms with Crippen LogP contribution in [0.15, 0.2) is 83.7 Å². The molecule has 49 heavy (non-hydrogen) atoms. The summed E-state index contributed by atoms with van der Waals surface area (Å²) in [5.41, 5.74) is 14.1. The molecule has 0 saturated heterocycles. The molecule has 2 heterocycles. The van der Waals surface area contributed by atoms with Crippen molar-refractivity contribution in [2.24, 2.45) is 11.8 Å². The number of carbonyl (C=O) groups excluding carboxylic acids is 4. The topological polar surface area (TPSA) is 74.8 Å². The molecule has 0 radical (unpaired) electrons. The van der Waals surface area contributed by atoms with Crippen molar-refractivity contribution >= 4 is 23.6 Å². The van der Waals surface area contributed by atoms with Crippen LogP contribution in [0.5, 0.6) is 0 Å². The Morgan fingerprint density at radius 3 is 1.31 bits per heavy atom. The third kappa shape index (κ3) is 4.84. The van der Waals surface area contributed by atoms with E-state index >= 15 is 0 Å². The van der Waals surface area contributed by atoms with Crippen LogP contribution in [0.4, 0.5) is 0 Å². The monoisotopic (exact) mass is 648 g/mol. The van der Waals surface area contributed by atoms with Gasteiger partial charge >= 0.3 is 0 Å². The zero-order chi connectivity index (χ0) is 35.2. The number of aryl methyl sites for hydroxylation is 6. The molecule has 4 aromatic carbocycles. The summed E-state index contributed by atoms with van der Waals surface area (Å²) in [6, 6.07) is 19.5. The second kappa shape index (κ2) is 11.4. The summed E-state index contributed by atoms with van der Waals surface area (Å²) in [6.07, 6.45) is 1.80. The third-order valence-corrected chi connectivity index (χ3v) is 10.6. The van der Waals surface area contributed by atoms with Crippen molar-refractivity contribution in [2.45, 2.75) is 62.3 Å². The van der Waals surface area contributed by atoms with Crippen LogP contribution >= 0.6 is 0 Å². The lowest BCUT2D eigenvalue weighted by Gasteiger charge is -2.36. The van der Waals surface area contributed by atoms with E-state index in [0.717, 1.165) is 44.5 Å². The average Bonchev–Trinajstić information content (AvgIpc) is 3.42. The molecule has 2 unspecified atom stereocenters. The van der Waals surface area contributed by atoms with Gasteiger partial charge in [0.1, 0.15) is 0 Å². The van der Waals surface area contributed by atoms with E-state index in [1.165, 1.54) is 20.9 Å². The van der Waals surface area contributed by atoms with Gasteiger partial charge in [0.15, 0.2) is 0 Å². The number of fused-ring (bicyclic) bond motifs is 2. The Kier molecular flexibility index (Phi) is 7.47. The molecule has 7 rings (SSSR count). The van der Waals surface area contributed by atoms with Crippen molar-refractivity contribution < 1.29 is 19.2 Å². The van der Waals surface area contributed by atoms with Gasteiger partial charge < -0.3 is 0 Å². The maximum Gasteiger partial charge on any atom is 0.265 e. The summed E-state index contributed by atoms with van der Waals surface area (Å²) in [5, 5.41) is 0. The summed E-state index contributed by atoms with van der Waals surface area (Å²) in [4.78, 5) is 58.3. The Bertz CT molecular complexity index is 2220. The molecule has 4 aromatic rings. The van der Waals surface area contributed by atoms with Crippen molar-refractivity contribution in [3.63, 3.8) is 0 Å². The van der Waals surface area contributed by atoms with Gasteiger partial charge in [0.25, 0.3) is 23.6 Å². The van der Waals surface area contributed by atoms with E-state index in [0.29, 0.717) is 39.2 Å². The van der Waals surface area contributed by atoms with E-state index in [9.17, 15) is 19.2 Å². The predicted molar refractivity (Wildman–Crippen MR) is 192 cm³/mol. The number of amides is 4. The van der Waals surface area contributed by atoms with Crippen LogP contribution < -0.4 is 0 Å². The lowest BCUT2D eigenvalue weighted by atomic mass is 9.81. The number of allylic oxidation sites excluding steroid dienone is 4. The number of benzene rings is 4. The third-order valence-electron chi connectivity index (χ3n) is 10.6. The Morgan fingerprint density at radius 2 is 0.857 bits per heavy atom. The van der Waals surface area contributed by atoms with Crippen molar-refractivity contribution in [3.8, 4) is 22.3 Å². The van der Waals surface area contributed by atoms with Gasteiger partial charge in [0.2, 0.25) is 0 Å². The van der Waals surface area contributed by atoms with Gasteiger partial charge in [-0.2, -0.15) is 0 Å². The normalized spacial score (nSPS) is 18.8. The first-order valence-corrected chi connectivity index (χ1v) is 16.8. The van der Waals surface area contributed by atoms with Gasteiger partial charge in [-0.25, -0.2) is 9.80 Å². The van der Waals surface area contributed by atoms with Crippen LogP contribution in [0.2, 0.25) is 0 Å². The van der Waals surface area contributed by atoms with Gasteiger partial charge in [-0.15, -0.1) is 0 Å². The van der Waals surface area contributed by atoms with E-state index in [1.54, 1.807) is 18.2 Å². The molecular weight excluding hydrogens is 608 g/mol. The lowest BCUT2D eigenvalue weighted by Crippen LogP contribution is -2.40. The van der Waals surface area contributed by atoms with E-state index in [2.05, 4.69) is 65.8 Å². The molecule has 2 aliphatic heterocycles. The molecule has 0 saturated carbocycles. The second-order valence-corrected chi connectivity index (χ2v) is 14.2. The molecule has 0 fully saturated rings. The van der Waals surface area contributed by atoms with Gasteiger partial charge in [-0.1, -0.05) is 61.4 Å². The fourth-order valence-electron chi connectivity index (χ4n) is 8.44. The van der Waals surface area contributed by atoms with Crippen molar-refractivity contribution in [2.75, 3.05) is 0 Å². The van der Waals surface area contributed by atoms with Gasteiger partial charge in [-0.05, 0) is 129 Å². The second-order valence-electron chi connectivity index (χ2n) is 14.2. The van der Waals surface area contributed by atoms with E-state index in [1.807, 2.05) is 45.0 Å². The van der Waals surface area contributed by atoms with Crippen LogP contribution in [0, 0.1) is 53.4 Å². The minimum Gasteiger partial charge on any atom is -0.268 e. The number of nitrogens with zero attached hydrogens (tertiary/aromatic N) is 2. The Labute approximate surface area is 287 Å². The van der Waals surface area contributed by atoms with Crippen LogP contribution in [0.1, 0.15) is 95.6 Å². The average molecular weight is 649 g/mol. The molecule has 6 nitrogen and oxygen atoms in total. The number of hydrogen-bond donors (Lipinski definition) is 0. The van der Waals surface area contributed by atoms with Gasteiger partial charge in [-0.3, -0.25) is 19.2 Å². The maximum atomic E-state index is 14.0. The predicted octanol–water partition coefficient (Wildman–Crippen LogP) is 9.21. The minimum absolute atomic E-state index is 0.332. The van der Waals surface area contributed by atoms with E-state index in [4.69, 9.17) is 0 Å². The van der Waals surface area contributed by atoms with Crippen molar-refractivity contribution in [3.05, 3.63) is 139 Å². The molecule has 3 aliphatic rings. The first-order valence-electron chi connectivity index (χ1n) is 16.8. The Balaban J connectivity index is 1.24. The van der Waals surface area contributed by atoms with Crippen LogP contribution in [-0.4, -0.2) is 33.4 Å². The molecule has 2 atom stereocenters. The highest BCUT2D eigenvalue weighted by Crippen LogP contribution is 2.44. The molecule has 4 amide bonds. The fourth-order valence-corrected chi connectivity index (χ4v) is 8.44. The zero-order valence-electron chi connectivity index (χ0n) is 29.5. The Morgan fingerprint density at radius 1 is 0.469 bits per heavy atom. The Hall–Kier alpha value is -5.36. The quantitative estimate of drug-likeness (QED) is 0.207. The molecule has 246 valence electrons. The van der Waals surface area contributed by atoms with E-state index in [-0.39, 0.29) is 35.5 Å². The van der Waals surface area contributed by atoms with Crippen LogP contribution in [0.3, 0.4) is 0 Å². The van der Waals surface area contributed by atoms with Crippen molar-refractivity contribution in [1.29, 1.82) is 0 Å². The number of rotatable bonds is 4. The summed E-state index contributed by atoms with van der Waals surface area (Å²) < 4.78 is 0. The molecule has 0 aromatic heterocycles. The molecule has 0 spiro atoms. The van der Waals surface area contributed by atoms with Gasteiger partial charge in [0, 0.05) is 23.2 Å². The summed E-state index contributed by atoms with van der Waals surface area (Å²) in [5.74, 6) is -2.10. The number of imide groups is 2. The summed E-state index contributed by atoms with van der Waals surface area (Å²) in [7, 11) is 0. The maximum absolute atomic E-state index is 14.0. The van der Waals surface area contributed by atoms with Crippen molar-refractivity contribution in [1.82, 2.24) is 9.80 Å².